The zero-order chi connectivity index (χ0) is 21.8. The van der Waals surface area contributed by atoms with Crippen molar-refractivity contribution in [3.63, 3.8) is 0 Å². The Morgan fingerprint density at radius 2 is 2.10 bits per heavy atom. The highest BCUT2D eigenvalue weighted by atomic mass is 32.2. The quantitative estimate of drug-likeness (QED) is 0.597. The molecule has 3 heterocycles. The number of thioether (sulfide) groups is 1. The van der Waals surface area contributed by atoms with Gasteiger partial charge in [0.25, 0.3) is 5.91 Å². The number of piperidine rings is 1. The van der Waals surface area contributed by atoms with Crippen molar-refractivity contribution >= 4 is 34.4 Å². The number of rotatable bonds is 6. The summed E-state index contributed by atoms with van der Waals surface area (Å²) in [5.74, 6) is 4.06. The molecule has 6 nitrogen and oxygen atoms in total. The number of nitrogens with zero attached hydrogens (tertiary/aromatic N) is 2. The molecule has 4 N–H and O–H groups in total. The van der Waals surface area contributed by atoms with Gasteiger partial charge in [-0.1, -0.05) is 11.6 Å². The van der Waals surface area contributed by atoms with E-state index < -0.39 is 6.17 Å². The van der Waals surface area contributed by atoms with E-state index in [-0.39, 0.29) is 5.91 Å². The van der Waals surface area contributed by atoms with E-state index in [0.717, 1.165) is 60.7 Å². The summed E-state index contributed by atoms with van der Waals surface area (Å²) in [4.78, 5) is 20.1. The summed E-state index contributed by atoms with van der Waals surface area (Å²) in [6.07, 6.45) is 4.46. The van der Waals surface area contributed by atoms with Crippen molar-refractivity contribution < 1.29 is 4.79 Å². The number of nitrogens with two attached hydrogens (primary N) is 1. The van der Waals surface area contributed by atoms with E-state index in [1.807, 2.05) is 12.1 Å². The molecular weight excluding hydrogens is 406 g/mol. The van der Waals surface area contributed by atoms with Crippen molar-refractivity contribution in [3.05, 3.63) is 35.4 Å². The summed E-state index contributed by atoms with van der Waals surface area (Å²) < 4.78 is 0. The van der Waals surface area contributed by atoms with Gasteiger partial charge >= 0.3 is 0 Å². The van der Waals surface area contributed by atoms with Gasteiger partial charge in [-0.3, -0.25) is 4.79 Å². The first-order chi connectivity index (χ1) is 15.0. The van der Waals surface area contributed by atoms with Crippen molar-refractivity contribution in [2.45, 2.75) is 51.7 Å². The summed E-state index contributed by atoms with van der Waals surface area (Å²) in [7, 11) is 0. The number of hydrogen-bond acceptors (Lipinski definition) is 6. The predicted octanol–water partition coefficient (Wildman–Crippen LogP) is 3.28. The number of aromatic nitrogens is 1. The highest BCUT2D eigenvalue weighted by Gasteiger charge is 2.25. The second-order valence-electron chi connectivity index (χ2n) is 9.07. The van der Waals surface area contributed by atoms with E-state index in [1.54, 1.807) is 6.92 Å². The van der Waals surface area contributed by atoms with Crippen LogP contribution in [0.1, 0.15) is 48.5 Å². The fourth-order valence-corrected chi connectivity index (χ4v) is 5.73. The minimum absolute atomic E-state index is 0.157. The predicted molar refractivity (Wildman–Crippen MR) is 131 cm³/mol. The largest absolute Gasteiger partial charge is 0.356 e. The third kappa shape index (κ3) is 5.70. The zero-order valence-corrected chi connectivity index (χ0v) is 19.5. The highest BCUT2D eigenvalue weighted by molar-refractivity contribution is 7.99. The van der Waals surface area contributed by atoms with Crippen LogP contribution in [0.25, 0.3) is 10.9 Å². The van der Waals surface area contributed by atoms with Gasteiger partial charge in [-0.25, -0.2) is 4.98 Å². The van der Waals surface area contributed by atoms with Gasteiger partial charge in [-0.05, 0) is 81.7 Å². The number of amides is 1. The second-order valence-corrected chi connectivity index (χ2v) is 10.2. The Bertz CT molecular complexity index is 904. The number of aryl methyl sites for hydroxylation is 1. The number of benzene rings is 1. The molecule has 0 saturated carbocycles. The van der Waals surface area contributed by atoms with Gasteiger partial charge in [0.05, 0.1) is 17.2 Å². The lowest BCUT2D eigenvalue weighted by molar-refractivity contribution is 0.0941. The van der Waals surface area contributed by atoms with Crippen LogP contribution in [0.2, 0.25) is 0 Å². The second kappa shape index (κ2) is 10.2. The van der Waals surface area contributed by atoms with Crippen LogP contribution >= 0.6 is 11.8 Å². The molecule has 1 aromatic carbocycles. The number of carbonyl (C=O) groups is 1. The van der Waals surface area contributed by atoms with Crippen molar-refractivity contribution in [2.24, 2.45) is 11.7 Å². The SMILES string of the molecule is Cc1ccc2nc(N3CCC(NCC4CCCSC4)CC3)c(C(=O)NC(C)N)cc2c1. The number of nitrogens with one attached hydrogen (secondary N) is 2. The van der Waals surface area contributed by atoms with Gasteiger partial charge < -0.3 is 21.3 Å². The Morgan fingerprint density at radius 1 is 1.29 bits per heavy atom. The molecule has 31 heavy (non-hydrogen) atoms. The van der Waals surface area contributed by atoms with E-state index in [9.17, 15) is 4.79 Å². The van der Waals surface area contributed by atoms with Crippen LogP contribution in [0.4, 0.5) is 5.82 Å². The molecule has 2 atom stereocenters. The van der Waals surface area contributed by atoms with Crippen molar-refractivity contribution in [3.8, 4) is 0 Å². The first-order valence-electron chi connectivity index (χ1n) is 11.5. The Balaban J connectivity index is 1.47. The van der Waals surface area contributed by atoms with Crippen molar-refractivity contribution in [1.82, 2.24) is 15.6 Å². The Hall–Kier alpha value is -1.83. The molecule has 1 aromatic heterocycles. The van der Waals surface area contributed by atoms with Crippen LogP contribution in [-0.4, -0.2) is 54.2 Å². The van der Waals surface area contributed by atoms with Crippen LogP contribution in [0.5, 0.6) is 0 Å². The van der Waals surface area contributed by atoms with E-state index in [0.29, 0.717) is 11.6 Å². The van der Waals surface area contributed by atoms with Crippen molar-refractivity contribution in [2.75, 3.05) is 36.0 Å². The number of fused-ring (bicyclic) bond motifs is 1. The van der Waals surface area contributed by atoms with E-state index in [1.165, 1.54) is 24.3 Å². The minimum atomic E-state index is -0.401. The maximum Gasteiger partial charge on any atom is 0.256 e. The fraction of sp³-hybridized carbons (Fsp3) is 0.583. The molecule has 1 amide bonds. The van der Waals surface area contributed by atoms with Crippen LogP contribution in [0.3, 0.4) is 0 Å². The summed E-state index contributed by atoms with van der Waals surface area (Å²) >= 11 is 2.09. The topological polar surface area (TPSA) is 83.3 Å². The lowest BCUT2D eigenvalue weighted by Gasteiger charge is -2.35. The Morgan fingerprint density at radius 3 is 2.81 bits per heavy atom. The fourth-order valence-electron chi connectivity index (χ4n) is 4.58. The van der Waals surface area contributed by atoms with Gasteiger partial charge in [-0.2, -0.15) is 11.8 Å². The number of pyridine rings is 1. The van der Waals surface area contributed by atoms with Gasteiger partial charge in [0, 0.05) is 24.5 Å². The van der Waals surface area contributed by atoms with Gasteiger partial charge in [0.15, 0.2) is 0 Å². The molecular formula is C24H35N5OS. The molecule has 2 saturated heterocycles. The monoisotopic (exact) mass is 441 g/mol. The normalized spacial score (nSPS) is 21.3. The molecule has 2 aliphatic heterocycles. The molecule has 0 bridgehead atoms. The van der Waals surface area contributed by atoms with Gasteiger partial charge in [0.1, 0.15) is 5.82 Å². The summed E-state index contributed by atoms with van der Waals surface area (Å²) in [5, 5.41) is 7.63. The van der Waals surface area contributed by atoms with Crippen LogP contribution in [0.15, 0.2) is 24.3 Å². The molecule has 0 spiro atoms. The van der Waals surface area contributed by atoms with Crippen LogP contribution < -0.4 is 21.3 Å². The van der Waals surface area contributed by atoms with Crippen LogP contribution in [0, 0.1) is 12.8 Å². The molecule has 168 valence electrons. The average Bonchev–Trinajstić information content (AvgIpc) is 2.77. The van der Waals surface area contributed by atoms with E-state index >= 15 is 0 Å². The standard InChI is InChI=1S/C24H35N5OS/c1-16-5-6-22-19(12-16)13-21(24(30)27-17(2)25)23(28-22)29-9-7-20(8-10-29)26-14-18-4-3-11-31-15-18/h5-6,12-13,17-18,20,26H,3-4,7-11,14-15,25H2,1-2H3,(H,27,30). The van der Waals surface area contributed by atoms with Gasteiger partial charge in [0.2, 0.25) is 0 Å². The third-order valence-electron chi connectivity index (χ3n) is 6.30. The number of hydrogen-bond donors (Lipinski definition) is 3. The van der Waals surface area contributed by atoms with Crippen LogP contribution in [-0.2, 0) is 0 Å². The summed E-state index contributed by atoms with van der Waals surface area (Å²) in [6, 6.07) is 8.70. The van der Waals surface area contributed by atoms with E-state index in [4.69, 9.17) is 10.7 Å². The highest BCUT2D eigenvalue weighted by Crippen LogP contribution is 2.28. The van der Waals surface area contributed by atoms with Gasteiger partial charge in [-0.15, -0.1) is 0 Å². The van der Waals surface area contributed by atoms with Crippen molar-refractivity contribution in [1.29, 1.82) is 0 Å². The summed E-state index contributed by atoms with van der Waals surface area (Å²) in [6.45, 7) is 6.77. The third-order valence-corrected chi connectivity index (χ3v) is 7.58. The molecule has 2 unspecified atom stereocenters. The first-order valence-corrected chi connectivity index (χ1v) is 12.7. The smallest absolute Gasteiger partial charge is 0.256 e. The molecule has 2 aromatic rings. The zero-order valence-electron chi connectivity index (χ0n) is 18.7. The average molecular weight is 442 g/mol. The van der Waals surface area contributed by atoms with E-state index in [2.05, 4.69) is 46.4 Å². The Labute approximate surface area is 189 Å². The minimum Gasteiger partial charge on any atom is -0.356 e. The lowest BCUT2D eigenvalue weighted by Crippen LogP contribution is -2.45. The molecule has 0 aliphatic carbocycles. The maximum absolute atomic E-state index is 12.9. The lowest BCUT2D eigenvalue weighted by atomic mass is 10.0. The molecule has 2 aliphatic rings. The first kappa shape index (κ1) is 22.4. The number of carbonyl (C=O) groups excluding carboxylic acids is 1. The Kier molecular flexibility index (Phi) is 7.35. The number of anilines is 1. The molecule has 4 rings (SSSR count). The molecule has 7 heteroatoms. The molecule has 2 fully saturated rings. The molecule has 0 radical (unpaired) electrons. The summed E-state index contributed by atoms with van der Waals surface area (Å²) in [5.41, 5.74) is 8.53. The maximum atomic E-state index is 12.9.